The molecule has 0 unspecified atom stereocenters. The fraction of sp³-hybridized carbons (Fsp3) is 0. The Morgan fingerprint density at radius 1 is 0.200 bits per heavy atom. The molecule has 0 bridgehead atoms. The van der Waals surface area contributed by atoms with Crippen molar-refractivity contribution in [1.29, 1.82) is 0 Å². The molecule has 0 aromatic carbocycles. The maximum Gasteiger partial charge on any atom is 3.00 e. The van der Waals surface area contributed by atoms with Crippen molar-refractivity contribution in [3.8, 4) is 0 Å². The van der Waals surface area contributed by atoms with Crippen LogP contribution in [0.25, 0.3) is 0 Å². The summed E-state index contributed by atoms with van der Waals surface area (Å²) in [5, 5.41) is 0. The smallest absolute Gasteiger partial charge is 0.457 e. The Kier molecular flexibility index (Phi) is 134000. The second kappa shape index (κ2) is 993. The molecule has 1 radical (unpaired) electrons. The van der Waals surface area contributed by atoms with E-state index in [0.717, 1.165) is 0 Å². The van der Waals surface area contributed by atoms with Crippen molar-refractivity contribution in [2.75, 3.05) is 0 Å². The fourth-order valence-corrected chi connectivity index (χ4v) is 0. The molecular weight excluding hydrogens is 311 g/mol. The average Bonchev–Trinajstić information content (AvgIpc) is 0. The van der Waals surface area contributed by atoms with E-state index in [-0.39, 0.29) is 86.6 Å². The summed E-state index contributed by atoms with van der Waals surface area (Å²) in [5.41, 5.74) is 0. The third-order valence-corrected chi connectivity index (χ3v) is 0. The van der Waals surface area contributed by atoms with Crippen molar-refractivity contribution in [2.45, 2.75) is 0 Å². The molecule has 0 saturated carbocycles. The summed E-state index contributed by atoms with van der Waals surface area (Å²) in [5.74, 6) is 0. The minimum absolute atomic E-state index is 0. The van der Waals surface area contributed by atoms with E-state index in [4.69, 9.17) is 0 Å². The van der Waals surface area contributed by atoms with Crippen LogP contribution in [0.1, 0.15) is 0 Å². The molecule has 81 valence electrons. The van der Waals surface area contributed by atoms with Gasteiger partial charge in [-0.2, -0.15) is 0 Å². The van der Waals surface area contributed by atoms with Crippen LogP contribution in [0.4, 0.5) is 0 Å². The van der Waals surface area contributed by atoms with E-state index in [9.17, 15) is 0 Å². The maximum absolute atomic E-state index is 0. The first-order valence-corrected chi connectivity index (χ1v) is 0. The minimum atomic E-state index is 0. The monoisotopic (exact) mass is 337 g/mol. The molecule has 0 aliphatic carbocycles. The Labute approximate surface area is 86.4 Å². The van der Waals surface area contributed by atoms with Gasteiger partial charge in [0.1, 0.15) is 0 Å². The molecule has 0 rings (SSSR count). The molecular formula is H27ErO9+12. The molecule has 0 spiro atoms. The molecule has 9 nitrogen and oxygen atoms in total. The minimum Gasteiger partial charge on any atom is -0.457 e. The summed E-state index contributed by atoms with van der Waals surface area (Å²) in [6.45, 7) is 0. The van der Waals surface area contributed by atoms with Gasteiger partial charge >= 0.3 is 37.3 Å². The molecule has 0 atom stereocenters. The molecule has 0 saturated heterocycles. The Bertz CT molecular complexity index is 4.69. The average molecular weight is 338 g/mol. The molecule has 0 fully saturated rings. The van der Waals surface area contributed by atoms with Crippen LogP contribution in [0.5, 0.6) is 0 Å². The van der Waals surface area contributed by atoms with Gasteiger partial charge in [0, 0.05) is 0 Å². The van der Waals surface area contributed by atoms with E-state index in [1.54, 1.807) is 0 Å². The van der Waals surface area contributed by atoms with E-state index in [2.05, 4.69) is 0 Å². The van der Waals surface area contributed by atoms with Crippen molar-refractivity contribution >= 4 is 0 Å². The van der Waals surface area contributed by atoms with Crippen molar-refractivity contribution in [2.24, 2.45) is 0 Å². The van der Waals surface area contributed by atoms with Crippen LogP contribution in [0.15, 0.2) is 0 Å². The summed E-state index contributed by atoms with van der Waals surface area (Å²) in [6.07, 6.45) is 0. The predicted molar refractivity (Wildman–Crippen MR) is 43.8 cm³/mol. The van der Waals surface area contributed by atoms with Gasteiger partial charge in [-0.05, 0) is 0 Å². The molecule has 0 aliphatic heterocycles. The van der Waals surface area contributed by atoms with Crippen molar-refractivity contribution < 1.29 is 86.6 Å². The molecule has 0 amide bonds. The van der Waals surface area contributed by atoms with Crippen LogP contribution in [0, 0.1) is 37.3 Å². The second-order valence-electron chi connectivity index (χ2n) is 0. The van der Waals surface area contributed by atoms with Gasteiger partial charge in [-0.15, -0.1) is 0 Å². The quantitative estimate of drug-likeness (QED) is 0.371. The van der Waals surface area contributed by atoms with E-state index < -0.39 is 0 Å². The van der Waals surface area contributed by atoms with Crippen LogP contribution in [-0.4, -0.2) is 0 Å². The van der Waals surface area contributed by atoms with Gasteiger partial charge in [-0.3, -0.25) is 0 Å². The Morgan fingerprint density at radius 3 is 0.200 bits per heavy atom. The zero-order valence-corrected chi connectivity index (χ0v) is 7.34. The second-order valence-corrected chi connectivity index (χ2v) is 0. The van der Waals surface area contributed by atoms with Crippen molar-refractivity contribution in [3.63, 3.8) is 0 Å². The van der Waals surface area contributed by atoms with Crippen LogP contribution < -0.4 is 0 Å². The summed E-state index contributed by atoms with van der Waals surface area (Å²) >= 11 is 0. The first-order chi connectivity index (χ1) is 0. The van der Waals surface area contributed by atoms with Crippen LogP contribution in [0.2, 0.25) is 0 Å². The summed E-state index contributed by atoms with van der Waals surface area (Å²) in [4.78, 5) is 0. The number of rotatable bonds is 0. The van der Waals surface area contributed by atoms with E-state index in [1.807, 2.05) is 0 Å². The van der Waals surface area contributed by atoms with Crippen molar-refractivity contribution in [3.05, 3.63) is 0 Å². The zero-order chi connectivity index (χ0) is 0. The Balaban J connectivity index is 0. The maximum atomic E-state index is 0. The van der Waals surface area contributed by atoms with E-state index >= 15 is 0 Å². The molecule has 10 heavy (non-hydrogen) atoms. The number of hydrogen-bond donors (Lipinski definition) is 0. The van der Waals surface area contributed by atoms with Gasteiger partial charge in [0.15, 0.2) is 0 Å². The first kappa shape index (κ1) is 1350. The fourth-order valence-electron chi connectivity index (χ4n) is 0. The third-order valence-electron chi connectivity index (χ3n) is 0. The summed E-state index contributed by atoms with van der Waals surface area (Å²) in [7, 11) is 0. The standard InChI is InChI=1S/Er.9H2O/h;9*1H2/q+3;;;;;;;;;/p+9. The first-order valence-electron chi connectivity index (χ1n) is 0. The molecule has 27 N–H and O–H groups in total. The van der Waals surface area contributed by atoms with Crippen LogP contribution in [-0.2, 0) is 49.3 Å². The van der Waals surface area contributed by atoms with Gasteiger partial charge in [-0.1, -0.05) is 0 Å². The van der Waals surface area contributed by atoms with Crippen LogP contribution >= 0.6 is 0 Å². The molecule has 0 heterocycles. The van der Waals surface area contributed by atoms with Gasteiger partial charge in [0.25, 0.3) is 0 Å². The molecule has 0 aliphatic rings. The Morgan fingerprint density at radius 2 is 0.200 bits per heavy atom. The topological polar surface area (TPSA) is 297 Å². The molecule has 0 aromatic heterocycles. The summed E-state index contributed by atoms with van der Waals surface area (Å²) < 4.78 is 0. The zero-order valence-electron chi connectivity index (χ0n) is 5.48. The van der Waals surface area contributed by atoms with Crippen LogP contribution in [0.3, 0.4) is 0 Å². The van der Waals surface area contributed by atoms with Gasteiger partial charge < -0.3 is 49.3 Å². The van der Waals surface area contributed by atoms with Gasteiger partial charge in [-0.25, -0.2) is 0 Å². The SMILES string of the molecule is [Er+3].[OH3+].[OH3+].[OH3+].[OH3+].[OH3+].[OH3+].[OH3+].[OH3+].[OH3+]. The summed E-state index contributed by atoms with van der Waals surface area (Å²) in [6, 6.07) is 0. The normalized spacial score (nSPS) is 0. The van der Waals surface area contributed by atoms with E-state index in [0.29, 0.717) is 0 Å². The van der Waals surface area contributed by atoms with Gasteiger partial charge in [0.2, 0.25) is 0 Å². The number of hydrogen-bond acceptors (Lipinski definition) is 0. The molecule has 10 heteroatoms. The third kappa shape index (κ3) is 703. The van der Waals surface area contributed by atoms with Crippen molar-refractivity contribution in [1.82, 2.24) is 0 Å². The van der Waals surface area contributed by atoms with E-state index in [1.165, 1.54) is 0 Å². The largest absolute Gasteiger partial charge is 3.00 e. The predicted octanol–water partition coefficient (Wildman–Crippen LogP) is -8.30. The molecule has 0 aromatic rings. The van der Waals surface area contributed by atoms with Gasteiger partial charge in [0.05, 0.1) is 0 Å². The Hall–Kier alpha value is 0.887.